The Morgan fingerprint density at radius 2 is 1.46 bits per heavy atom. The predicted octanol–water partition coefficient (Wildman–Crippen LogP) is 6.13. The number of alkyl carbamates (subject to hydrolysis) is 1. The zero-order chi connectivity index (χ0) is 28.1. The molecule has 1 aliphatic rings. The van der Waals surface area contributed by atoms with Gasteiger partial charge in [0.2, 0.25) is 0 Å². The molecule has 1 atom stereocenters. The molecule has 4 aromatic carbocycles. The summed E-state index contributed by atoms with van der Waals surface area (Å²) in [5.74, 6) is -0.852. The summed E-state index contributed by atoms with van der Waals surface area (Å²) in [4.78, 5) is 35.2. The molecule has 1 aliphatic carbocycles. The van der Waals surface area contributed by atoms with E-state index < -0.39 is 23.0 Å². The summed E-state index contributed by atoms with van der Waals surface area (Å²) in [7, 11) is 0. The summed E-state index contributed by atoms with van der Waals surface area (Å²) in [6.45, 7) is 0.0927. The Morgan fingerprint density at radius 1 is 0.878 bits per heavy atom. The van der Waals surface area contributed by atoms with Crippen molar-refractivity contribution in [2.24, 2.45) is 0 Å². The predicted molar refractivity (Wildman–Crippen MR) is 154 cm³/mol. The molecule has 0 fully saturated rings. The van der Waals surface area contributed by atoms with Gasteiger partial charge in [0, 0.05) is 18.4 Å². The maximum Gasteiger partial charge on any atom is 0.407 e. The molecule has 210 valence electrons. The fourth-order valence-electron chi connectivity index (χ4n) is 4.91. The third-order valence-corrected chi connectivity index (χ3v) is 6.88. The smallest absolute Gasteiger partial charge is 0.407 e. The summed E-state index contributed by atoms with van der Waals surface area (Å²) in [6, 6.07) is 27.7. The quantitative estimate of drug-likeness (QED) is 0.172. The molecular formula is C31H27ClN2O7. The first kappa shape index (κ1) is 29.1. The van der Waals surface area contributed by atoms with Crippen LogP contribution in [-0.4, -0.2) is 34.7 Å². The highest BCUT2D eigenvalue weighted by Crippen LogP contribution is 2.44. The van der Waals surface area contributed by atoms with Crippen LogP contribution in [0.2, 0.25) is 0 Å². The van der Waals surface area contributed by atoms with Gasteiger partial charge in [-0.05, 0) is 46.0 Å². The van der Waals surface area contributed by atoms with Crippen LogP contribution < -0.4 is 10.1 Å². The second-order valence-electron chi connectivity index (χ2n) is 9.38. The number of para-hydroxylation sites is 1. The number of carbonyl (C=O) groups excluding carboxylic acids is 1. The number of hydrogen-bond acceptors (Lipinski definition) is 6. The molecule has 0 bridgehead atoms. The van der Waals surface area contributed by atoms with Crippen LogP contribution in [0.3, 0.4) is 0 Å². The maximum atomic E-state index is 12.6. The minimum Gasteiger partial charge on any atom is -0.489 e. The number of ether oxygens (including phenoxy) is 2. The Bertz CT molecular complexity index is 1510. The van der Waals surface area contributed by atoms with E-state index in [0.29, 0.717) is 16.9 Å². The highest BCUT2D eigenvalue weighted by Gasteiger charge is 2.29. The normalized spacial score (nSPS) is 12.3. The fraction of sp³-hybridized carbons (Fsp3) is 0.161. The Labute approximate surface area is 242 Å². The van der Waals surface area contributed by atoms with E-state index in [1.54, 1.807) is 42.5 Å². The molecule has 4 aromatic rings. The Hall–Kier alpha value is -4.89. The van der Waals surface area contributed by atoms with Crippen molar-refractivity contribution in [3.05, 3.63) is 129 Å². The molecule has 0 unspecified atom stereocenters. The number of benzene rings is 4. The fourth-order valence-corrected chi connectivity index (χ4v) is 4.91. The Kier molecular flexibility index (Phi) is 9.21. The van der Waals surface area contributed by atoms with Crippen molar-refractivity contribution in [3.63, 3.8) is 0 Å². The van der Waals surface area contributed by atoms with Gasteiger partial charge in [-0.15, -0.1) is 12.4 Å². The summed E-state index contributed by atoms with van der Waals surface area (Å²) in [5, 5.41) is 23.3. The summed E-state index contributed by atoms with van der Waals surface area (Å²) in [5.41, 5.74) is 5.41. The van der Waals surface area contributed by atoms with Crippen molar-refractivity contribution in [2.75, 3.05) is 6.61 Å². The van der Waals surface area contributed by atoms with E-state index in [1.807, 2.05) is 48.5 Å². The molecule has 0 saturated carbocycles. The van der Waals surface area contributed by atoms with Crippen LogP contribution in [0.25, 0.3) is 11.1 Å². The molecule has 0 saturated heterocycles. The standard InChI is InChI=1S/C31H26N2O7.ClH/c34-30(35)28(17-20-13-15-22(16-14-20)39-18-21-7-1-6-12-29(21)33(37)38)32-31(36)40-19-27-25-10-4-2-8-23(25)24-9-3-5-11-26(24)27;/h1-16,27-28H,17-19H2,(H,32,36)(H,34,35);1H/t28-;/m0./s1. The van der Waals surface area contributed by atoms with Gasteiger partial charge in [0.05, 0.1) is 10.5 Å². The van der Waals surface area contributed by atoms with Gasteiger partial charge in [0.15, 0.2) is 0 Å². The number of aliphatic carboxylic acids is 1. The number of nitro groups is 1. The number of rotatable bonds is 10. The third-order valence-electron chi connectivity index (χ3n) is 6.88. The van der Waals surface area contributed by atoms with E-state index in [2.05, 4.69) is 5.32 Å². The molecule has 0 radical (unpaired) electrons. The first-order valence-electron chi connectivity index (χ1n) is 12.7. The van der Waals surface area contributed by atoms with E-state index in [0.717, 1.165) is 22.3 Å². The topological polar surface area (TPSA) is 128 Å². The van der Waals surface area contributed by atoms with Gasteiger partial charge in [-0.1, -0.05) is 72.8 Å². The highest BCUT2D eigenvalue weighted by atomic mass is 35.5. The number of halogens is 1. The van der Waals surface area contributed by atoms with Crippen molar-refractivity contribution >= 4 is 30.2 Å². The largest absolute Gasteiger partial charge is 0.489 e. The summed E-state index contributed by atoms with van der Waals surface area (Å²) >= 11 is 0. The van der Waals surface area contributed by atoms with Crippen LogP contribution in [0.1, 0.15) is 28.2 Å². The molecular weight excluding hydrogens is 548 g/mol. The number of nitrogens with one attached hydrogen (secondary N) is 1. The molecule has 0 heterocycles. The molecule has 0 spiro atoms. The van der Waals surface area contributed by atoms with Crippen LogP contribution in [-0.2, 0) is 22.6 Å². The third kappa shape index (κ3) is 6.64. The molecule has 0 aromatic heterocycles. The molecule has 9 nitrogen and oxygen atoms in total. The molecule has 10 heteroatoms. The first-order valence-corrected chi connectivity index (χ1v) is 12.7. The summed E-state index contributed by atoms with van der Waals surface area (Å²) in [6.07, 6.45) is -0.775. The maximum absolute atomic E-state index is 12.6. The zero-order valence-electron chi connectivity index (χ0n) is 21.8. The second kappa shape index (κ2) is 13.0. The number of nitro benzene ring substituents is 1. The van der Waals surface area contributed by atoms with Crippen LogP contribution in [0.15, 0.2) is 97.1 Å². The number of fused-ring (bicyclic) bond motifs is 3. The average Bonchev–Trinajstić information content (AvgIpc) is 3.29. The van der Waals surface area contributed by atoms with Gasteiger partial charge >= 0.3 is 12.1 Å². The summed E-state index contributed by atoms with van der Waals surface area (Å²) < 4.78 is 11.2. The number of hydrogen-bond donors (Lipinski definition) is 2. The number of carboxylic acids is 1. The van der Waals surface area contributed by atoms with Gasteiger partial charge < -0.3 is 19.9 Å². The van der Waals surface area contributed by atoms with E-state index in [1.165, 1.54) is 6.07 Å². The van der Waals surface area contributed by atoms with Crippen molar-refractivity contribution in [3.8, 4) is 16.9 Å². The Morgan fingerprint density at radius 3 is 2.07 bits per heavy atom. The van der Waals surface area contributed by atoms with Crippen molar-refractivity contribution in [2.45, 2.75) is 25.0 Å². The first-order chi connectivity index (χ1) is 19.4. The van der Waals surface area contributed by atoms with Gasteiger partial charge in [-0.3, -0.25) is 10.1 Å². The van der Waals surface area contributed by atoms with Gasteiger partial charge in [-0.2, -0.15) is 0 Å². The number of carbonyl (C=O) groups is 2. The lowest BCUT2D eigenvalue weighted by atomic mass is 9.98. The number of amides is 1. The van der Waals surface area contributed by atoms with E-state index in [-0.39, 0.29) is 43.6 Å². The van der Waals surface area contributed by atoms with Crippen LogP contribution in [0, 0.1) is 10.1 Å². The zero-order valence-corrected chi connectivity index (χ0v) is 22.6. The minimum absolute atomic E-state index is 0. The molecule has 2 N–H and O–H groups in total. The number of carboxylic acid groups (broad SMARTS) is 1. The van der Waals surface area contributed by atoms with Crippen LogP contribution in [0.5, 0.6) is 5.75 Å². The minimum atomic E-state index is -1.20. The van der Waals surface area contributed by atoms with Crippen LogP contribution in [0.4, 0.5) is 10.5 Å². The van der Waals surface area contributed by atoms with E-state index >= 15 is 0 Å². The van der Waals surface area contributed by atoms with Crippen molar-refractivity contribution < 1.29 is 29.1 Å². The van der Waals surface area contributed by atoms with Crippen molar-refractivity contribution in [1.82, 2.24) is 5.32 Å². The van der Waals surface area contributed by atoms with E-state index in [4.69, 9.17) is 9.47 Å². The van der Waals surface area contributed by atoms with Crippen molar-refractivity contribution in [1.29, 1.82) is 0 Å². The monoisotopic (exact) mass is 574 g/mol. The average molecular weight is 575 g/mol. The lowest BCUT2D eigenvalue weighted by Gasteiger charge is -2.17. The molecule has 0 aliphatic heterocycles. The lowest BCUT2D eigenvalue weighted by molar-refractivity contribution is -0.385. The Balaban J connectivity index is 0.00000387. The molecule has 41 heavy (non-hydrogen) atoms. The highest BCUT2D eigenvalue weighted by molar-refractivity contribution is 5.85. The van der Waals surface area contributed by atoms with Gasteiger partial charge in [-0.25, -0.2) is 9.59 Å². The van der Waals surface area contributed by atoms with Crippen LogP contribution >= 0.6 is 12.4 Å². The van der Waals surface area contributed by atoms with Gasteiger partial charge in [0.1, 0.15) is 25.0 Å². The molecule has 5 rings (SSSR count). The lowest BCUT2D eigenvalue weighted by Crippen LogP contribution is -2.42. The number of nitrogens with zero attached hydrogens (tertiary/aromatic N) is 1. The molecule has 1 amide bonds. The second-order valence-corrected chi connectivity index (χ2v) is 9.38. The van der Waals surface area contributed by atoms with E-state index in [9.17, 15) is 24.8 Å². The SMILES string of the molecule is Cl.O=C(N[C@@H](Cc1ccc(OCc2ccccc2[N+](=O)[O-])cc1)C(=O)O)OCC1c2ccccc2-c2ccccc21. The van der Waals surface area contributed by atoms with Gasteiger partial charge in [0.25, 0.3) is 5.69 Å².